The first-order chi connectivity index (χ1) is 9.71. The van der Waals surface area contributed by atoms with Gasteiger partial charge in [0.15, 0.2) is 0 Å². The number of hydrogen-bond acceptors (Lipinski definition) is 4. The fourth-order valence-corrected chi connectivity index (χ4v) is 1.52. The monoisotopic (exact) mass is 292 g/mol. The Morgan fingerprint density at radius 3 is 2.62 bits per heavy atom. The highest BCUT2D eigenvalue weighted by Gasteiger charge is 2.22. The molecule has 1 amide bonds. The van der Waals surface area contributed by atoms with Gasteiger partial charge in [-0.2, -0.15) is 0 Å². The van der Waals surface area contributed by atoms with E-state index in [0.29, 0.717) is 5.56 Å². The van der Waals surface area contributed by atoms with E-state index in [1.807, 2.05) is 20.8 Å². The van der Waals surface area contributed by atoms with Gasteiger partial charge in [0.05, 0.1) is 16.6 Å². The Kier molecular flexibility index (Phi) is 5.60. The van der Waals surface area contributed by atoms with Crippen molar-refractivity contribution in [2.75, 3.05) is 6.54 Å². The molecule has 1 aromatic carbocycles. The second kappa shape index (κ2) is 6.99. The summed E-state index contributed by atoms with van der Waals surface area (Å²) in [5.74, 6) is -0.406. The normalized spacial score (nSPS) is 13.1. The smallest absolute Gasteiger partial charge is 0.276 e. The summed E-state index contributed by atoms with van der Waals surface area (Å²) >= 11 is 0. The maximum Gasteiger partial charge on any atom is 0.276 e. The fraction of sp³-hybridized carbons (Fsp3) is 0.400. The number of nitrogens with one attached hydrogen (secondary N) is 1. The number of aliphatic hydroxyl groups excluding tert-OH is 1. The predicted molar refractivity (Wildman–Crippen MR) is 80.6 cm³/mol. The Balaban J connectivity index is 2.65. The highest BCUT2D eigenvalue weighted by molar-refractivity contribution is 5.92. The molecule has 0 spiro atoms. The first kappa shape index (κ1) is 16.8. The van der Waals surface area contributed by atoms with Crippen LogP contribution in [0.25, 0.3) is 6.08 Å². The average Bonchev–Trinajstić information content (AvgIpc) is 2.41. The zero-order valence-corrected chi connectivity index (χ0v) is 12.4. The van der Waals surface area contributed by atoms with Crippen LogP contribution in [0.1, 0.15) is 26.3 Å². The fourth-order valence-electron chi connectivity index (χ4n) is 1.52. The number of nitrogens with zero attached hydrogens (tertiary/aromatic N) is 1. The molecule has 2 N–H and O–H groups in total. The Morgan fingerprint density at radius 1 is 1.43 bits per heavy atom. The molecule has 21 heavy (non-hydrogen) atoms. The lowest BCUT2D eigenvalue weighted by Gasteiger charge is -2.25. The molecule has 0 fully saturated rings. The summed E-state index contributed by atoms with van der Waals surface area (Å²) in [5.41, 5.74) is -0.0276. The number of benzene rings is 1. The van der Waals surface area contributed by atoms with Gasteiger partial charge in [-0.3, -0.25) is 14.9 Å². The lowest BCUT2D eigenvalue weighted by atomic mass is 9.89. The van der Waals surface area contributed by atoms with Crippen molar-refractivity contribution in [3.63, 3.8) is 0 Å². The van der Waals surface area contributed by atoms with Crippen molar-refractivity contribution in [3.05, 3.63) is 46.0 Å². The van der Waals surface area contributed by atoms with Crippen molar-refractivity contribution in [1.82, 2.24) is 5.32 Å². The number of nitro groups is 1. The van der Waals surface area contributed by atoms with Crippen LogP contribution in [0.2, 0.25) is 0 Å². The third-order valence-electron chi connectivity index (χ3n) is 3.02. The van der Waals surface area contributed by atoms with Crippen LogP contribution in [0.4, 0.5) is 5.69 Å². The summed E-state index contributed by atoms with van der Waals surface area (Å²) in [6, 6.07) is 6.16. The van der Waals surface area contributed by atoms with Crippen LogP contribution in [0.5, 0.6) is 0 Å². The van der Waals surface area contributed by atoms with E-state index < -0.39 is 16.9 Å². The molecule has 114 valence electrons. The zero-order valence-electron chi connectivity index (χ0n) is 12.4. The van der Waals surface area contributed by atoms with Crippen LogP contribution in [0.15, 0.2) is 30.3 Å². The van der Waals surface area contributed by atoms with E-state index in [-0.39, 0.29) is 17.6 Å². The Morgan fingerprint density at radius 2 is 2.05 bits per heavy atom. The molecule has 6 nitrogen and oxygen atoms in total. The number of hydrogen-bond donors (Lipinski definition) is 2. The number of nitro benzene ring substituents is 1. The van der Waals surface area contributed by atoms with E-state index in [9.17, 15) is 20.0 Å². The molecule has 0 aliphatic rings. The summed E-state index contributed by atoms with van der Waals surface area (Å²) in [7, 11) is 0. The Labute approximate surface area is 123 Å². The van der Waals surface area contributed by atoms with Gasteiger partial charge < -0.3 is 10.4 Å². The summed E-state index contributed by atoms with van der Waals surface area (Å²) in [6.45, 7) is 5.73. The van der Waals surface area contributed by atoms with E-state index in [1.165, 1.54) is 18.2 Å². The SMILES string of the molecule is CC(C)(C)C(O)CNC(=O)/C=C/c1ccccc1[N+](=O)[O-]. The summed E-state index contributed by atoms with van der Waals surface area (Å²) in [4.78, 5) is 22.0. The van der Waals surface area contributed by atoms with Gasteiger partial charge in [-0.25, -0.2) is 0 Å². The van der Waals surface area contributed by atoms with Crippen LogP contribution in [0, 0.1) is 15.5 Å². The van der Waals surface area contributed by atoms with Crippen LogP contribution in [-0.4, -0.2) is 28.6 Å². The van der Waals surface area contributed by atoms with Crippen LogP contribution in [0.3, 0.4) is 0 Å². The maximum atomic E-state index is 11.7. The molecule has 1 unspecified atom stereocenters. The van der Waals surface area contributed by atoms with Gasteiger partial charge in [-0.05, 0) is 17.6 Å². The standard InChI is InChI=1S/C15H20N2O4/c1-15(2,3)13(18)10-16-14(19)9-8-11-6-4-5-7-12(11)17(20)21/h4-9,13,18H,10H2,1-3H3,(H,16,19)/b9-8+. The van der Waals surface area contributed by atoms with Crippen LogP contribution < -0.4 is 5.32 Å². The Bertz CT molecular complexity index is 547. The first-order valence-electron chi connectivity index (χ1n) is 6.59. The second-order valence-corrected chi connectivity index (χ2v) is 5.78. The molecule has 6 heteroatoms. The molecule has 0 bridgehead atoms. The third-order valence-corrected chi connectivity index (χ3v) is 3.02. The first-order valence-corrected chi connectivity index (χ1v) is 6.59. The van der Waals surface area contributed by atoms with E-state index in [2.05, 4.69) is 5.32 Å². The number of carbonyl (C=O) groups is 1. The number of para-hydroxylation sites is 1. The number of carbonyl (C=O) groups excluding carboxylic acids is 1. The van der Waals surface area contributed by atoms with E-state index in [4.69, 9.17) is 0 Å². The minimum atomic E-state index is -0.666. The van der Waals surface area contributed by atoms with Crippen molar-refractivity contribution in [1.29, 1.82) is 0 Å². The average molecular weight is 292 g/mol. The molecule has 0 radical (unpaired) electrons. The second-order valence-electron chi connectivity index (χ2n) is 5.78. The molecular formula is C15H20N2O4. The van der Waals surface area contributed by atoms with Crippen LogP contribution >= 0.6 is 0 Å². The summed E-state index contributed by atoms with van der Waals surface area (Å²) in [6.07, 6.45) is 1.94. The molecular weight excluding hydrogens is 272 g/mol. The predicted octanol–water partition coefficient (Wildman–Crippen LogP) is 2.13. The van der Waals surface area contributed by atoms with Crippen LogP contribution in [-0.2, 0) is 4.79 Å². The lowest BCUT2D eigenvalue weighted by molar-refractivity contribution is -0.385. The van der Waals surface area contributed by atoms with Gasteiger partial charge in [-0.1, -0.05) is 32.9 Å². The minimum absolute atomic E-state index is 0.0590. The molecule has 1 rings (SSSR count). The van der Waals surface area contributed by atoms with Crippen molar-refractivity contribution in [2.24, 2.45) is 5.41 Å². The van der Waals surface area contributed by atoms with Gasteiger partial charge in [0, 0.05) is 18.7 Å². The highest BCUT2D eigenvalue weighted by Crippen LogP contribution is 2.19. The van der Waals surface area contributed by atoms with Crippen molar-refractivity contribution >= 4 is 17.7 Å². The lowest BCUT2D eigenvalue weighted by Crippen LogP contribution is -2.38. The van der Waals surface area contributed by atoms with Crippen molar-refractivity contribution < 1.29 is 14.8 Å². The van der Waals surface area contributed by atoms with E-state index >= 15 is 0 Å². The number of rotatable bonds is 5. The maximum absolute atomic E-state index is 11.7. The topological polar surface area (TPSA) is 92.5 Å². The van der Waals surface area contributed by atoms with Crippen molar-refractivity contribution in [3.8, 4) is 0 Å². The van der Waals surface area contributed by atoms with Gasteiger partial charge in [-0.15, -0.1) is 0 Å². The summed E-state index contributed by atoms with van der Waals surface area (Å²) < 4.78 is 0. The quantitative estimate of drug-likeness (QED) is 0.494. The molecule has 0 heterocycles. The molecule has 0 aliphatic heterocycles. The van der Waals surface area contributed by atoms with Crippen molar-refractivity contribution in [2.45, 2.75) is 26.9 Å². The minimum Gasteiger partial charge on any atom is -0.391 e. The molecule has 1 aromatic rings. The summed E-state index contributed by atoms with van der Waals surface area (Å²) in [5, 5.41) is 23.2. The molecule has 0 aromatic heterocycles. The molecule has 0 saturated heterocycles. The third kappa shape index (κ3) is 5.35. The van der Waals surface area contributed by atoms with Gasteiger partial charge >= 0.3 is 0 Å². The van der Waals surface area contributed by atoms with E-state index in [0.717, 1.165) is 0 Å². The number of amides is 1. The molecule has 0 aliphatic carbocycles. The largest absolute Gasteiger partial charge is 0.391 e. The van der Waals surface area contributed by atoms with E-state index in [1.54, 1.807) is 18.2 Å². The van der Waals surface area contributed by atoms with Gasteiger partial charge in [0.25, 0.3) is 5.69 Å². The zero-order chi connectivity index (χ0) is 16.0. The van der Waals surface area contributed by atoms with Gasteiger partial charge in [0.2, 0.25) is 5.91 Å². The Hall–Kier alpha value is -2.21. The number of aliphatic hydroxyl groups is 1. The molecule has 0 saturated carbocycles. The molecule has 1 atom stereocenters. The van der Waals surface area contributed by atoms with Gasteiger partial charge in [0.1, 0.15) is 0 Å². The highest BCUT2D eigenvalue weighted by atomic mass is 16.6.